The molecular weight excluding hydrogens is 403 g/mol. The molecule has 0 radical (unpaired) electrons. The van der Waals surface area contributed by atoms with Crippen LogP contribution in [-0.2, 0) is 15.8 Å². The Balaban J connectivity index is 1.57. The second kappa shape index (κ2) is 8.49. The van der Waals surface area contributed by atoms with Crippen LogP contribution in [0.3, 0.4) is 0 Å². The molecule has 1 atom stereocenters. The van der Waals surface area contributed by atoms with Crippen LogP contribution in [-0.4, -0.2) is 29.2 Å². The SMILES string of the molecule is Cc1cccc(Nc2cccc(C3CCCN3S(=O)(=O)Cc3ccccc3F)n2)n1. The summed E-state index contributed by atoms with van der Waals surface area (Å²) in [5.41, 5.74) is 1.73. The van der Waals surface area contributed by atoms with E-state index in [1.54, 1.807) is 12.1 Å². The van der Waals surface area contributed by atoms with Gasteiger partial charge < -0.3 is 5.32 Å². The van der Waals surface area contributed by atoms with Crippen LogP contribution < -0.4 is 5.32 Å². The Hall–Kier alpha value is -2.84. The predicted molar refractivity (Wildman–Crippen MR) is 114 cm³/mol. The number of nitrogens with one attached hydrogen (secondary N) is 1. The summed E-state index contributed by atoms with van der Waals surface area (Å²) in [5.74, 6) is 0.410. The minimum atomic E-state index is -3.69. The summed E-state index contributed by atoms with van der Waals surface area (Å²) < 4.78 is 41.6. The molecule has 2 aromatic heterocycles. The number of halogens is 1. The number of hydrogen-bond donors (Lipinski definition) is 1. The number of rotatable bonds is 6. The molecular formula is C22H23FN4O2S. The molecule has 1 aliphatic heterocycles. The maximum atomic E-state index is 14.0. The van der Waals surface area contributed by atoms with Gasteiger partial charge in [0.1, 0.15) is 17.5 Å². The van der Waals surface area contributed by atoms with E-state index in [1.807, 2.05) is 43.3 Å². The summed E-state index contributed by atoms with van der Waals surface area (Å²) in [6.45, 7) is 2.31. The second-order valence-electron chi connectivity index (χ2n) is 7.35. The highest BCUT2D eigenvalue weighted by Gasteiger charge is 2.36. The van der Waals surface area contributed by atoms with E-state index in [0.29, 0.717) is 30.3 Å². The molecule has 1 aromatic carbocycles. The van der Waals surface area contributed by atoms with Gasteiger partial charge in [0.2, 0.25) is 10.0 Å². The second-order valence-corrected chi connectivity index (χ2v) is 9.27. The van der Waals surface area contributed by atoms with Gasteiger partial charge in [-0.3, -0.25) is 0 Å². The van der Waals surface area contributed by atoms with E-state index < -0.39 is 15.8 Å². The normalized spacial score (nSPS) is 17.2. The Kier molecular flexibility index (Phi) is 5.78. The Bertz CT molecular complexity index is 1150. The van der Waals surface area contributed by atoms with Crippen molar-refractivity contribution in [1.29, 1.82) is 0 Å². The molecule has 8 heteroatoms. The third-order valence-electron chi connectivity index (χ3n) is 5.11. The van der Waals surface area contributed by atoms with Crippen molar-refractivity contribution in [3.63, 3.8) is 0 Å². The first kappa shape index (κ1) is 20.4. The molecule has 0 bridgehead atoms. The van der Waals surface area contributed by atoms with E-state index in [9.17, 15) is 12.8 Å². The highest BCUT2D eigenvalue weighted by Crippen LogP contribution is 2.35. The van der Waals surface area contributed by atoms with Gasteiger partial charge in [-0.2, -0.15) is 4.31 Å². The molecule has 0 amide bonds. The van der Waals surface area contributed by atoms with Crippen molar-refractivity contribution < 1.29 is 12.8 Å². The molecule has 1 fully saturated rings. The number of anilines is 2. The zero-order chi connectivity index (χ0) is 21.1. The van der Waals surface area contributed by atoms with E-state index in [0.717, 1.165) is 12.1 Å². The third-order valence-corrected chi connectivity index (χ3v) is 6.94. The zero-order valence-corrected chi connectivity index (χ0v) is 17.4. The Labute approximate surface area is 175 Å². The molecule has 1 aliphatic rings. The van der Waals surface area contributed by atoms with Crippen molar-refractivity contribution in [1.82, 2.24) is 14.3 Å². The molecule has 3 aromatic rings. The topological polar surface area (TPSA) is 75.2 Å². The summed E-state index contributed by atoms with van der Waals surface area (Å²) >= 11 is 0. The van der Waals surface area contributed by atoms with Crippen LogP contribution in [0.25, 0.3) is 0 Å². The molecule has 4 rings (SSSR count). The van der Waals surface area contributed by atoms with Crippen molar-refractivity contribution in [2.24, 2.45) is 0 Å². The monoisotopic (exact) mass is 426 g/mol. The smallest absolute Gasteiger partial charge is 0.219 e. The number of aryl methyl sites for hydroxylation is 1. The molecule has 6 nitrogen and oxygen atoms in total. The van der Waals surface area contributed by atoms with Crippen LogP contribution in [0.2, 0.25) is 0 Å². The fourth-order valence-corrected chi connectivity index (χ4v) is 5.52. The van der Waals surface area contributed by atoms with Crippen molar-refractivity contribution >= 4 is 21.7 Å². The lowest BCUT2D eigenvalue weighted by molar-refractivity contribution is 0.389. The standard InChI is InChI=1S/C22H23FN4O2S/c1-16-7-4-12-21(24-16)26-22-13-5-10-19(25-22)20-11-6-14-27(20)30(28,29)15-17-8-2-3-9-18(17)23/h2-5,7-10,12-13,20H,6,11,14-15H2,1H3,(H,24,25,26). The minimum absolute atomic E-state index is 0.178. The lowest BCUT2D eigenvalue weighted by Gasteiger charge is -2.24. The Morgan fingerprint density at radius 2 is 1.77 bits per heavy atom. The lowest BCUT2D eigenvalue weighted by Crippen LogP contribution is -2.32. The molecule has 156 valence electrons. The van der Waals surface area contributed by atoms with E-state index in [-0.39, 0.29) is 17.4 Å². The Morgan fingerprint density at radius 1 is 1.03 bits per heavy atom. The largest absolute Gasteiger partial charge is 0.325 e. The first-order chi connectivity index (χ1) is 14.4. The average molecular weight is 427 g/mol. The molecule has 30 heavy (non-hydrogen) atoms. The van der Waals surface area contributed by atoms with Gasteiger partial charge in [-0.25, -0.2) is 22.8 Å². The average Bonchev–Trinajstić information content (AvgIpc) is 3.21. The number of nitrogens with zero attached hydrogens (tertiary/aromatic N) is 3. The van der Waals surface area contributed by atoms with E-state index in [4.69, 9.17) is 0 Å². The van der Waals surface area contributed by atoms with Crippen molar-refractivity contribution in [2.45, 2.75) is 31.6 Å². The predicted octanol–water partition coefficient (Wildman–Crippen LogP) is 4.33. The maximum absolute atomic E-state index is 14.0. The highest BCUT2D eigenvalue weighted by molar-refractivity contribution is 7.88. The van der Waals surface area contributed by atoms with Crippen molar-refractivity contribution in [3.8, 4) is 0 Å². The third kappa shape index (κ3) is 4.49. The maximum Gasteiger partial charge on any atom is 0.219 e. The summed E-state index contributed by atoms with van der Waals surface area (Å²) in [4.78, 5) is 9.05. The summed E-state index contributed by atoms with van der Waals surface area (Å²) in [5, 5.41) is 3.17. The molecule has 1 saturated heterocycles. The van der Waals surface area contributed by atoms with E-state index in [1.165, 1.54) is 16.4 Å². The number of pyridine rings is 2. The lowest BCUT2D eigenvalue weighted by atomic mass is 10.1. The molecule has 1 N–H and O–H groups in total. The summed E-state index contributed by atoms with van der Waals surface area (Å²) in [6.07, 6.45) is 1.41. The van der Waals surface area contributed by atoms with Gasteiger partial charge in [-0.15, -0.1) is 0 Å². The van der Waals surface area contributed by atoms with Gasteiger partial charge in [0.05, 0.1) is 17.5 Å². The highest BCUT2D eigenvalue weighted by atomic mass is 32.2. The van der Waals surface area contributed by atoms with Crippen LogP contribution in [0.5, 0.6) is 0 Å². The van der Waals surface area contributed by atoms with Crippen LogP contribution >= 0.6 is 0 Å². The Morgan fingerprint density at radius 3 is 2.53 bits per heavy atom. The summed E-state index contributed by atoms with van der Waals surface area (Å²) in [6, 6.07) is 16.8. The van der Waals surface area contributed by atoms with Crippen LogP contribution in [0.4, 0.5) is 16.0 Å². The van der Waals surface area contributed by atoms with Gasteiger partial charge in [0.15, 0.2) is 0 Å². The molecule has 1 unspecified atom stereocenters. The van der Waals surface area contributed by atoms with Gasteiger partial charge >= 0.3 is 0 Å². The molecule has 0 aliphatic carbocycles. The number of sulfonamides is 1. The van der Waals surface area contributed by atoms with Crippen molar-refractivity contribution in [2.75, 3.05) is 11.9 Å². The number of benzene rings is 1. The van der Waals surface area contributed by atoms with Crippen LogP contribution in [0.15, 0.2) is 60.7 Å². The molecule has 0 saturated carbocycles. The quantitative estimate of drug-likeness (QED) is 0.635. The fourth-order valence-electron chi connectivity index (χ4n) is 3.71. The van der Waals surface area contributed by atoms with E-state index >= 15 is 0 Å². The zero-order valence-electron chi connectivity index (χ0n) is 16.6. The van der Waals surface area contributed by atoms with Gasteiger partial charge in [-0.05, 0) is 50.1 Å². The molecule has 3 heterocycles. The first-order valence-corrected chi connectivity index (χ1v) is 11.4. The first-order valence-electron chi connectivity index (χ1n) is 9.83. The fraction of sp³-hybridized carbons (Fsp3) is 0.273. The number of hydrogen-bond acceptors (Lipinski definition) is 5. The van der Waals surface area contributed by atoms with Crippen LogP contribution in [0, 0.1) is 12.7 Å². The minimum Gasteiger partial charge on any atom is -0.325 e. The van der Waals surface area contributed by atoms with Crippen molar-refractivity contribution in [3.05, 3.63) is 83.4 Å². The molecule has 0 spiro atoms. The number of aromatic nitrogens is 2. The van der Waals surface area contributed by atoms with Gasteiger partial charge in [0, 0.05) is 17.8 Å². The van der Waals surface area contributed by atoms with Crippen LogP contribution in [0.1, 0.15) is 35.8 Å². The summed E-state index contributed by atoms with van der Waals surface area (Å²) in [7, 11) is -3.69. The van der Waals surface area contributed by atoms with Gasteiger partial charge in [0.25, 0.3) is 0 Å². The van der Waals surface area contributed by atoms with E-state index in [2.05, 4.69) is 15.3 Å². The van der Waals surface area contributed by atoms with Gasteiger partial charge in [-0.1, -0.05) is 30.3 Å².